The topological polar surface area (TPSA) is 37.3 Å². The summed E-state index contributed by atoms with van der Waals surface area (Å²) in [5.41, 5.74) is 0.549. The van der Waals surface area contributed by atoms with Crippen molar-refractivity contribution in [2.45, 2.75) is 77.2 Å². The zero-order valence-corrected chi connectivity index (χ0v) is 12.3. The van der Waals surface area contributed by atoms with E-state index in [1.54, 1.807) is 6.08 Å². The van der Waals surface area contributed by atoms with Gasteiger partial charge >= 0.3 is 0 Å². The maximum absolute atomic E-state index is 12.1. The van der Waals surface area contributed by atoms with Gasteiger partial charge < -0.3 is 5.11 Å². The van der Waals surface area contributed by atoms with Crippen molar-refractivity contribution in [1.82, 2.24) is 0 Å². The van der Waals surface area contributed by atoms with Gasteiger partial charge in [-0.05, 0) is 55.6 Å². The van der Waals surface area contributed by atoms with E-state index in [4.69, 9.17) is 0 Å². The van der Waals surface area contributed by atoms with E-state index in [9.17, 15) is 9.90 Å². The van der Waals surface area contributed by atoms with Crippen LogP contribution in [0.25, 0.3) is 0 Å². The molecule has 1 N–H and O–H groups in total. The van der Waals surface area contributed by atoms with Gasteiger partial charge in [0.15, 0.2) is 5.78 Å². The van der Waals surface area contributed by atoms with Gasteiger partial charge in [0.2, 0.25) is 0 Å². The summed E-state index contributed by atoms with van der Waals surface area (Å²) in [4.78, 5) is 12.1. The van der Waals surface area contributed by atoms with Gasteiger partial charge in [0.1, 0.15) is 0 Å². The second-order valence-electron chi connectivity index (χ2n) is 7.86. The molecule has 0 unspecified atom stereocenters. The summed E-state index contributed by atoms with van der Waals surface area (Å²) >= 11 is 0. The third kappa shape index (κ3) is 2.18. The fraction of sp³-hybridized carbons (Fsp3) is 0.824. The lowest BCUT2D eigenvalue weighted by molar-refractivity contribution is -0.130. The van der Waals surface area contributed by atoms with Crippen LogP contribution in [-0.4, -0.2) is 16.5 Å². The van der Waals surface area contributed by atoms with Gasteiger partial charge in [-0.15, -0.1) is 0 Å². The number of carbonyl (C=O) groups is 1. The smallest absolute Gasteiger partial charge is 0.161 e. The molecule has 2 saturated carbocycles. The van der Waals surface area contributed by atoms with Crippen LogP contribution in [0.1, 0.15) is 71.6 Å². The first-order valence-electron chi connectivity index (χ1n) is 7.83. The second kappa shape index (κ2) is 4.18. The largest absolute Gasteiger partial charge is 0.385 e. The van der Waals surface area contributed by atoms with Gasteiger partial charge in [0, 0.05) is 5.41 Å². The summed E-state index contributed by atoms with van der Waals surface area (Å²) in [7, 11) is 0. The molecule has 0 aliphatic heterocycles. The first-order valence-corrected chi connectivity index (χ1v) is 7.83. The normalized spacial score (nSPS) is 31.7. The first-order chi connectivity index (χ1) is 8.85. The molecule has 2 heteroatoms. The van der Waals surface area contributed by atoms with Crippen molar-refractivity contribution in [1.29, 1.82) is 0 Å². The zero-order chi connectivity index (χ0) is 13.7. The summed E-state index contributed by atoms with van der Waals surface area (Å²) in [6.45, 7) is 4.02. The molecular weight excluding hydrogens is 236 g/mol. The van der Waals surface area contributed by atoms with Gasteiger partial charge in [-0.3, -0.25) is 4.79 Å². The monoisotopic (exact) mass is 262 g/mol. The number of carbonyl (C=O) groups excluding carboxylic acids is 1. The van der Waals surface area contributed by atoms with Crippen molar-refractivity contribution < 1.29 is 9.90 Å². The lowest BCUT2D eigenvalue weighted by atomic mass is 9.51. The molecule has 0 amide bonds. The summed E-state index contributed by atoms with van der Waals surface area (Å²) < 4.78 is 0. The van der Waals surface area contributed by atoms with E-state index in [1.165, 1.54) is 32.1 Å². The molecule has 0 aromatic rings. The minimum Gasteiger partial charge on any atom is -0.385 e. The molecule has 2 fully saturated rings. The molecule has 0 aromatic heterocycles. The first kappa shape index (κ1) is 13.4. The van der Waals surface area contributed by atoms with Crippen LogP contribution in [0.15, 0.2) is 11.6 Å². The summed E-state index contributed by atoms with van der Waals surface area (Å²) in [6, 6.07) is 0. The minimum absolute atomic E-state index is 0.201. The fourth-order valence-electron chi connectivity index (χ4n) is 4.43. The van der Waals surface area contributed by atoms with Crippen molar-refractivity contribution in [2.75, 3.05) is 0 Å². The number of hydrogen-bond donors (Lipinski definition) is 1. The van der Waals surface area contributed by atoms with E-state index in [0.29, 0.717) is 5.41 Å². The Bertz CT molecular complexity index is 417. The third-order valence-corrected chi connectivity index (χ3v) is 5.84. The Labute approximate surface area is 116 Å². The summed E-state index contributed by atoms with van der Waals surface area (Å²) in [5, 5.41) is 10.8. The lowest BCUT2D eigenvalue weighted by Crippen LogP contribution is -2.54. The van der Waals surface area contributed by atoms with Gasteiger partial charge in [-0.1, -0.05) is 33.1 Å². The minimum atomic E-state index is -0.649. The molecule has 3 aliphatic rings. The molecule has 3 aliphatic carbocycles. The molecule has 0 saturated heterocycles. The zero-order valence-electron chi connectivity index (χ0n) is 12.3. The number of rotatable bonds is 1. The Hall–Kier alpha value is -0.630. The van der Waals surface area contributed by atoms with E-state index >= 15 is 0 Å². The molecule has 1 spiro atoms. The van der Waals surface area contributed by atoms with Gasteiger partial charge in [-0.25, -0.2) is 0 Å². The van der Waals surface area contributed by atoms with Gasteiger partial charge in [0.05, 0.1) is 5.60 Å². The van der Waals surface area contributed by atoms with Gasteiger partial charge in [0.25, 0.3) is 0 Å². The SMILES string of the molecule is CC1(C)CCC(C2(O)CC3(CCCCC3)C2)=CC1=O. The van der Waals surface area contributed by atoms with E-state index in [0.717, 1.165) is 31.3 Å². The quantitative estimate of drug-likeness (QED) is 0.781. The molecular formula is C17H26O2. The fourth-order valence-corrected chi connectivity index (χ4v) is 4.43. The molecule has 0 bridgehead atoms. The van der Waals surface area contributed by atoms with Gasteiger partial charge in [-0.2, -0.15) is 0 Å². The van der Waals surface area contributed by atoms with Crippen molar-refractivity contribution in [3.8, 4) is 0 Å². The molecule has 2 nitrogen and oxygen atoms in total. The molecule has 0 heterocycles. The van der Waals surface area contributed by atoms with Crippen molar-refractivity contribution >= 4 is 5.78 Å². The Balaban J connectivity index is 1.73. The second-order valence-corrected chi connectivity index (χ2v) is 7.86. The third-order valence-electron chi connectivity index (χ3n) is 5.84. The maximum atomic E-state index is 12.1. The molecule has 3 rings (SSSR count). The highest BCUT2D eigenvalue weighted by molar-refractivity contribution is 5.96. The number of aliphatic hydroxyl groups is 1. The number of ketones is 1. The van der Waals surface area contributed by atoms with E-state index in [2.05, 4.69) is 0 Å². The average Bonchev–Trinajstić information content (AvgIpc) is 2.32. The standard InChI is InChI=1S/C17H26O2/c1-15(2)9-6-13(10-14(15)18)17(19)11-16(12-17)7-4-3-5-8-16/h10,19H,3-9,11-12H2,1-2H3. The summed E-state index contributed by atoms with van der Waals surface area (Å²) in [6.07, 6.45) is 11.9. The predicted octanol–water partition coefficient (Wildman–Crippen LogP) is 3.78. The number of hydrogen-bond acceptors (Lipinski definition) is 2. The van der Waals surface area contributed by atoms with Crippen LogP contribution in [0, 0.1) is 10.8 Å². The molecule has 0 radical (unpaired) electrons. The van der Waals surface area contributed by atoms with Crippen LogP contribution >= 0.6 is 0 Å². The average molecular weight is 262 g/mol. The predicted molar refractivity (Wildman–Crippen MR) is 75.8 cm³/mol. The Morgan fingerprint density at radius 3 is 2.26 bits per heavy atom. The van der Waals surface area contributed by atoms with Crippen molar-refractivity contribution in [3.05, 3.63) is 11.6 Å². The highest BCUT2D eigenvalue weighted by atomic mass is 16.3. The maximum Gasteiger partial charge on any atom is 0.161 e. The van der Waals surface area contributed by atoms with Crippen LogP contribution in [-0.2, 0) is 4.79 Å². The van der Waals surface area contributed by atoms with E-state index < -0.39 is 5.60 Å². The Morgan fingerprint density at radius 1 is 1.05 bits per heavy atom. The Kier molecular flexibility index (Phi) is 2.94. The summed E-state index contributed by atoms with van der Waals surface area (Å²) in [5.74, 6) is 0.201. The van der Waals surface area contributed by atoms with Crippen molar-refractivity contribution in [2.24, 2.45) is 10.8 Å². The highest BCUT2D eigenvalue weighted by Crippen LogP contribution is 2.60. The number of allylic oxidation sites excluding steroid dienone is 1. The van der Waals surface area contributed by atoms with E-state index in [-0.39, 0.29) is 11.2 Å². The molecule has 0 aromatic carbocycles. The highest BCUT2D eigenvalue weighted by Gasteiger charge is 2.55. The Morgan fingerprint density at radius 2 is 1.68 bits per heavy atom. The van der Waals surface area contributed by atoms with E-state index in [1.807, 2.05) is 13.8 Å². The van der Waals surface area contributed by atoms with Crippen LogP contribution in [0.5, 0.6) is 0 Å². The molecule has 106 valence electrons. The van der Waals surface area contributed by atoms with Crippen LogP contribution in [0.3, 0.4) is 0 Å². The molecule has 19 heavy (non-hydrogen) atoms. The van der Waals surface area contributed by atoms with Crippen LogP contribution < -0.4 is 0 Å². The van der Waals surface area contributed by atoms with Crippen LogP contribution in [0.2, 0.25) is 0 Å². The van der Waals surface area contributed by atoms with Crippen LogP contribution in [0.4, 0.5) is 0 Å². The van der Waals surface area contributed by atoms with Crippen molar-refractivity contribution in [3.63, 3.8) is 0 Å². The lowest BCUT2D eigenvalue weighted by Gasteiger charge is -2.57. The molecule has 0 atom stereocenters.